The second-order valence-electron chi connectivity index (χ2n) is 8.96. The topological polar surface area (TPSA) is 73.1 Å². The van der Waals surface area contributed by atoms with Crippen molar-refractivity contribution >= 4 is 5.91 Å². The van der Waals surface area contributed by atoms with Gasteiger partial charge in [-0.3, -0.25) is 9.78 Å². The molecule has 0 aliphatic carbocycles. The summed E-state index contributed by atoms with van der Waals surface area (Å²) in [5.74, 6) is 2.31. The lowest BCUT2D eigenvalue weighted by atomic mass is 9.93. The number of rotatable bonds is 6. The van der Waals surface area contributed by atoms with Gasteiger partial charge in [0.25, 0.3) is 5.91 Å². The zero-order valence-corrected chi connectivity index (χ0v) is 20.1. The molecule has 7 heteroatoms. The highest BCUT2D eigenvalue weighted by atomic mass is 16.5. The number of para-hydroxylation sites is 1. The third kappa shape index (κ3) is 4.94. The van der Waals surface area contributed by atoms with Crippen LogP contribution >= 0.6 is 0 Å². The molecule has 1 aliphatic heterocycles. The Bertz CT molecular complexity index is 1330. The van der Waals surface area contributed by atoms with E-state index in [1.807, 2.05) is 73.5 Å². The molecule has 7 nitrogen and oxygen atoms in total. The first kappa shape index (κ1) is 22.8. The fourth-order valence-electron chi connectivity index (χ4n) is 4.65. The van der Waals surface area contributed by atoms with E-state index >= 15 is 0 Å². The molecule has 1 saturated heterocycles. The highest BCUT2D eigenvalue weighted by molar-refractivity contribution is 5.95. The van der Waals surface area contributed by atoms with E-state index in [2.05, 4.69) is 19.5 Å². The SMILES string of the molecule is Cc1ccccc1Oc1nccnc1[C@H]1CCCN(C(=O)c2ccccc2Cn2ccnc2C)C1. The second kappa shape index (κ2) is 10.1. The van der Waals surface area contributed by atoms with Crippen LogP contribution in [0.3, 0.4) is 0 Å². The van der Waals surface area contributed by atoms with Gasteiger partial charge in [0.1, 0.15) is 17.3 Å². The average molecular weight is 468 g/mol. The molecular weight excluding hydrogens is 438 g/mol. The number of ether oxygens (including phenoxy) is 1. The Morgan fingerprint density at radius 1 is 1.00 bits per heavy atom. The van der Waals surface area contributed by atoms with E-state index in [1.54, 1.807) is 18.6 Å². The summed E-state index contributed by atoms with van der Waals surface area (Å²) in [5, 5.41) is 0. The predicted octanol–water partition coefficient (Wildman–Crippen LogP) is 5.15. The molecule has 0 bridgehead atoms. The number of piperidine rings is 1. The molecule has 1 fully saturated rings. The van der Waals surface area contributed by atoms with Crippen molar-refractivity contribution in [3.8, 4) is 11.6 Å². The van der Waals surface area contributed by atoms with Crippen LogP contribution < -0.4 is 4.74 Å². The van der Waals surface area contributed by atoms with E-state index < -0.39 is 0 Å². The van der Waals surface area contributed by atoms with E-state index in [-0.39, 0.29) is 11.8 Å². The number of benzene rings is 2. The lowest BCUT2D eigenvalue weighted by molar-refractivity contribution is 0.0703. The largest absolute Gasteiger partial charge is 0.437 e. The maximum absolute atomic E-state index is 13.7. The summed E-state index contributed by atoms with van der Waals surface area (Å²) in [6.07, 6.45) is 8.91. The maximum Gasteiger partial charge on any atom is 0.254 e. The number of hydrogen-bond donors (Lipinski definition) is 0. The van der Waals surface area contributed by atoms with Crippen molar-refractivity contribution in [2.24, 2.45) is 0 Å². The number of amides is 1. The molecule has 0 radical (unpaired) electrons. The van der Waals surface area contributed by atoms with Crippen LogP contribution in [0.2, 0.25) is 0 Å². The minimum atomic E-state index is 0.0494. The number of carbonyl (C=O) groups excluding carboxylic acids is 1. The highest BCUT2D eigenvalue weighted by Crippen LogP contribution is 2.34. The first-order chi connectivity index (χ1) is 17.1. The second-order valence-corrected chi connectivity index (χ2v) is 8.96. The summed E-state index contributed by atoms with van der Waals surface area (Å²) in [6, 6.07) is 15.7. The molecule has 0 unspecified atom stereocenters. The Kier molecular flexibility index (Phi) is 6.57. The summed E-state index contributed by atoms with van der Waals surface area (Å²) in [5.41, 5.74) is 3.56. The van der Waals surface area contributed by atoms with Crippen LogP contribution in [0.15, 0.2) is 73.3 Å². The van der Waals surface area contributed by atoms with Gasteiger partial charge in [0.05, 0.1) is 0 Å². The molecule has 0 spiro atoms. The standard InChI is InChI=1S/C28H29N5O2/c1-20-8-3-6-12-25(20)35-27-26(30-13-14-31-27)23-10-7-16-33(19-23)28(34)24-11-5-4-9-22(24)18-32-17-15-29-21(32)2/h3-6,8-9,11-15,17,23H,7,10,16,18-19H2,1-2H3/t23-/m0/s1. The third-order valence-corrected chi connectivity index (χ3v) is 6.60. The molecule has 1 atom stereocenters. The average Bonchev–Trinajstić information content (AvgIpc) is 3.30. The summed E-state index contributed by atoms with van der Waals surface area (Å²) in [7, 11) is 0. The predicted molar refractivity (Wildman–Crippen MR) is 134 cm³/mol. The number of likely N-dealkylation sites (tertiary alicyclic amines) is 1. The zero-order chi connectivity index (χ0) is 24.2. The van der Waals surface area contributed by atoms with Gasteiger partial charge in [0.2, 0.25) is 5.88 Å². The van der Waals surface area contributed by atoms with Gasteiger partial charge in [-0.05, 0) is 49.9 Å². The first-order valence-electron chi connectivity index (χ1n) is 12.0. The summed E-state index contributed by atoms with van der Waals surface area (Å²) >= 11 is 0. The van der Waals surface area contributed by atoms with Crippen molar-refractivity contribution in [1.29, 1.82) is 0 Å². The number of aryl methyl sites for hydroxylation is 2. The Hall–Kier alpha value is -4.00. The van der Waals surface area contributed by atoms with Crippen molar-refractivity contribution in [3.05, 3.63) is 102 Å². The number of carbonyl (C=O) groups is 1. The summed E-state index contributed by atoms with van der Waals surface area (Å²) in [6.45, 7) is 5.90. The van der Waals surface area contributed by atoms with Crippen LogP contribution in [-0.2, 0) is 6.54 Å². The van der Waals surface area contributed by atoms with Gasteiger partial charge in [0.15, 0.2) is 0 Å². The van der Waals surface area contributed by atoms with Crippen molar-refractivity contribution in [3.63, 3.8) is 0 Å². The lowest BCUT2D eigenvalue weighted by Gasteiger charge is -2.33. The molecule has 0 N–H and O–H groups in total. The van der Waals surface area contributed by atoms with Crippen LogP contribution in [-0.4, -0.2) is 43.4 Å². The third-order valence-electron chi connectivity index (χ3n) is 6.60. The van der Waals surface area contributed by atoms with Gasteiger partial charge in [-0.25, -0.2) is 9.97 Å². The first-order valence-corrected chi connectivity index (χ1v) is 12.0. The normalized spacial score (nSPS) is 15.7. The number of aromatic nitrogens is 4. The van der Waals surface area contributed by atoms with Gasteiger partial charge in [-0.1, -0.05) is 36.4 Å². The Balaban J connectivity index is 1.37. The van der Waals surface area contributed by atoms with Gasteiger partial charge in [0, 0.05) is 55.9 Å². The van der Waals surface area contributed by atoms with Gasteiger partial charge in [-0.15, -0.1) is 0 Å². The molecule has 0 saturated carbocycles. The van der Waals surface area contributed by atoms with Gasteiger partial charge >= 0.3 is 0 Å². The molecule has 4 aromatic rings. The lowest BCUT2D eigenvalue weighted by Crippen LogP contribution is -2.39. The van der Waals surface area contributed by atoms with E-state index in [0.29, 0.717) is 19.0 Å². The molecule has 35 heavy (non-hydrogen) atoms. The quantitative estimate of drug-likeness (QED) is 0.392. The van der Waals surface area contributed by atoms with E-state index in [9.17, 15) is 4.79 Å². The summed E-state index contributed by atoms with van der Waals surface area (Å²) < 4.78 is 8.23. The van der Waals surface area contributed by atoms with Crippen molar-refractivity contribution in [1.82, 2.24) is 24.4 Å². The number of imidazole rings is 1. The summed E-state index contributed by atoms with van der Waals surface area (Å²) in [4.78, 5) is 29.0. The fraction of sp³-hybridized carbons (Fsp3) is 0.286. The van der Waals surface area contributed by atoms with Crippen LogP contribution in [0.1, 0.15) is 51.8 Å². The van der Waals surface area contributed by atoms with Gasteiger partial charge < -0.3 is 14.2 Å². The number of hydrogen-bond acceptors (Lipinski definition) is 5. The van der Waals surface area contributed by atoms with Crippen molar-refractivity contribution < 1.29 is 9.53 Å². The van der Waals surface area contributed by atoms with E-state index in [0.717, 1.165) is 53.3 Å². The van der Waals surface area contributed by atoms with Gasteiger partial charge in [-0.2, -0.15) is 0 Å². The molecule has 1 aliphatic rings. The fourth-order valence-corrected chi connectivity index (χ4v) is 4.65. The Labute approximate surface area is 205 Å². The monoisotopic (exact) mass is 467 g/mol. The molecule has 5 rings (SSSR count). The van der Waals surface area contributed by atoms with Crippen LogP contribution in [0.4, 0.5) is 0 Å². The Morgan fingerprint density at radius 3 is 2.63 bits per heavy atom. The molecule has 178 valence electrons. The van der Waals surface area contributed by atoms with Crippen molar-refractivity contribution in [2.45, 2.75) is 39.2 Å². The molecule has 2 aromatic heterocycles. The zero-order valence-electron chi connectivity index (χ0n) is 20.1. The van der Waals surface area contributed by atoms with Crippen LogP contribution in [0, 0.1) is 13.8 Å². The van der Waals surface area contributed by atoms with Crippen LogP contribution in [0.5, 0.6) is 11.6 Å². The smallest absolute Gasteiger partial charge is 0.254 e. The van der Waals surface area contributed by atoms with E-state index in [4.69, 9.17) is 4.74 Å². The Morgan fingerprint density at radius 2 is 1.80 bits per heavy atom. The number of nitrogens with zero attached hydrogens (tertiary/aromatic N) is 5. The minimum Gasteiger partial charge on any atom is -0.437 e. The van der Waals surface area contributed by atoms with E-state index in [1.165, 1.54) is 0 Å². The maximum atomic E-state index is 13.7. The molecule has 1 amide bonds. The molecule has 3 heterocycles. The minimum absolute atomic E-state index is 0.0494. The molecular formula is C28H29N5O2. The molecule has 2 aromatic carbocycles. The van der Waals surface area contributed by atoms with Crippen molar-refractivity contribution in [2.75, 3.05) is 13.1 Å². The van der Waals surface area contributed by atoms with Crippen LogP contribution in [0.25, 0.3) is 0 Å². The highest BCUT2D eigenvalue weighted by Gasteiger charge is 2.30.